The van der Waals surface area contributed by atoms with E-state index in [-0.39, 0.29) is 17.0 Å². The minimum absolute atomic E-state index is 0.0767. The molecule has 26 heavy (non-hydrogen) atoms. The van der Waals surface area contributed by atoms with Crippen molar-refractivity contribution >= 4 is 22.4 Å². The molecule has 1 heterocycles. The van der Waals surface area contributed by atoms with Crippen molar-refractivity contribution in [3.63, 3.8) is 0 Å². The van der Waals surface area contributed by atoms with Gasteiger partial charge in [0.15, 0.2) is 5.69 Å². The van der Waals surface area contributed by atoms with Gasteiger partial charge in [0, 0.05) is 10.9 Å². The van der Waals surface area contributed by atoms with Gasteiger partial charge in [0.1, 0.15) is 5.75 Å². The Kier molecular flexibility index (Phi) is 4.79. The van der Waals surface area contributed by atoms with Crippen LogP contribution in [0.15, 0.2) is 52.4 Å². The smallest absolute Gasteiger partial charge is 0.292 e. The van der Waals surface area contributed by atoms with Gasteiger partial charge in [-0.15, -0.1) is 0 Å². The molecule has 0 saturated heterocycles. The number of phenols is 1. The van der Waals surface area contributed by atoms with E-state index in [2.05, 4.69) is 20.7 Å². The van der Waals surface area contributed by atoms with E-state index < -0.39 is 5.91 Å². The van der Waals surface area contributed by atoms with Crippen LogP contribution in [0.2, 0.25) is 0 Å². The second kappa shape index (κ2) is 7.18. The zero-order valence-electron chi connectivity index (χ0n) is 14.4. The number of fused-ring (bicyclic) bond motifs is 1. The molecule has 0 atom stereocenters. The summed E-state index contributed by atoms with van der Waals surface area (Å²) >= 11 is 0. The minimum atomic E-state index is -0.546. The van der Waals surface area contributed by atoms with E-state index in [0.717, 1.165) is 5.56 Å². The summed E-state index contributed by atoms with van der Waals surface area (Å²) in [5.41, 5.74) is 4.24. The molecule has 0 aliphatic carbocycles. The molecule has 3 rings (SSSR count). The Labute approximate surface area is 149 Å². The summed E-state index contributed by atoms with van der Waals surface area (Å²) in [6.45, 7) is 3.78. The zero-order valence-corrected chi connectivity index (χ0v) is 14.4. The molecule has 1 amide bonds. The molecule has 0 bridgehead atoms. The number of carbonyl (C=O) groups is 1. The van der Waals surface area contributed by atoms with E-state index in [0.29, 0.717) is 28.5 Å². The van der Waals surface area contributed by atoms with Gasteiger partial charge in [0.25, 0.3) is 11.5 Å². The lowest BCUT2D eigenvalue weighted by Gasteiger charge is -2.09. The molecule has 2 aromatic carbocycles. The van der Waals surface area contributed by atoms with Crippen molar-refractivity contribution in [2.45, 2.75) is 20.3 Å². The number of carbonyl (C=O) groups excluding carboxylic acids is 1. The van der Waals surface area contributed by atoms with Gasteiger partial charge in [-0.05, 0) is 31.5 Å². The normalized spacial score (nSPS) is 11.5. The van der Waals surface area contributed by atoms with Crippen LogP contribution < -0.4 is 11.0 Å². The van der Waals surface area contributed by atoms with E-state index in [1.165, 1.54) is 0 Å². The fourth-order valence-corrected chi connectivity index (χ4v) is 2.67. The quantitative estimate of drug-likeness (QED) is 0.496. The van der Waals surface area contributed by atoms with Crippen LogP contribution in [-0.4, -0.2) is 26.9 Å². The maximum absolute atomic E-state index is 12.5. The monoisotopic (exact) mass is 350 g/mol. The van der Waals surface area contributed by atoms with Crippen LogP contribution in [0.3, 0.4) is 0 Å². The van der Waals surface area contributed by atoms with E-state index in [4.69, 9.17) is 0 Å². The average molecular weight is 350 g/mol. The van der Waals surface area contributed by atoms with Crippen molar-refractivity contribution < 1.29 is 9.90 Å². The number of hydrazone groups is 1. The second-order valence-corrected chi connectivity index (χ2v) is 5.82. The van der Waals surface area contributed by atoms with Crippen LogP contribution in [0, 0.1) is 6.92 Å². The molecule has 0 radical (unpaired) electrons. The zero-order chi connectivity index (χ0) is 18.7. The van der Waals surface area contributed by atoms with Crippen LogP contribution in [0.1, 0.15) is 35.0 Å². The number of hydrogen-bond donors (Lipinski definition) is 3. The van der Waals surface area contributed by atoms with E-state index in [1.807, 2.05) is 13.8 Å². The molecular formula is C19H18N4O3. The van der Waals surface area contributed by atoms with Crippen molar-refractivity contribution in [1.29, 1.82) is 0 Å². The van der Waals surface area contributed by atoms with Crippen molar-refractivity contribution in [3.8, 4) is 5.75 Å². The molecule has 3 aromatic rings. The van der Waals surface area contributed by atoms with Gasteiger partial charge >= 0.3 is 0 Å². The van der Waals surface area contributed by atoms with Crippen LogP contribution in [0.25, 0.3) is 10.8 Å². The first-order chi connectivity index (χ1) is 12.5. The Hall–Kier alpha value is -3.48. The third-order valence-corrected chi connectivity index (χ3v) is 4.00. The summed E-state index contributed by atoms with van der Waals surface area (Å²) in [7, 11) is 0. The van der Waals surface area contributed by atoms with Gasteiger partial charge in [0.2, 0.25) is 0 Å². The van der Waals surface area contributed by atoms with E-state index in [1.54, 1.807) is 42.5 Å². The predicted octanol–water partition coefficient (Wildman–Crippen LogP) is 2.48. The molecule has 0 aliphatic heterocycles. The highest BCUT2D eigenvalue weighted by Crippen LogP contribution is 2.20. The predicted molar refractivity (Wildman–Crippen MR) is 99.5 cm³/mol. The molecule has 0 spiro atoms. The molecule has 0 saturated carbocycles. The number of nitrogens with one attached hydrogen (secondary N) is 2. The lowest BCUT2D eigenvalue weighted by atomic mass is 10.0. The molecule has 0 unspecified atom stereocenters. The third-order valence-electron chi connectivity index (χ3n) is 4.00. The summed E-state index contributed by atoms with van der Waals surface area (Å²) in [4.78, 5) is 24.3. The van der Waals surface area contributed by atoms with Crippen LogP contribution in [0.5, 0.6) is 5.75 Å². The number of H-pyrrole nitrogens is 1. The maximum atomic E-state index is 12.5. The number of aryl methyl sites for hydroxylation is 1. The van der Waals surface area contributed by atoms with E-state index >= 15 is 0 Å². The second-order valence-electron chi connectivity index (χ2n) is 5.82. The number of hydrogen-bond acceptors (Lipinski definition) is 5. The third kappa shape index (κ3) is 3.32. The Bertz CT molecular complexity index is 1070. The van der Waals surface area contributed by atoms with Gasteiger partial charge in [-0.1, -0.05) is 36.8 Å². The number of benzene rings is 2. The highest BCUT2D eigenvalue weighted by molar-refractivity contribution is 6.07. The lowest BCUT2D eigenvalue weighted by molar-refractivity contribution is 0.0950. The standard InChI is InChI=1S/C19H18N4O3/c1-3-15(14-10-11(2)8-9-16(14)24)20-23-19(26)17-12-6-4-5-7-13(12)18(25)22-21-17/h4-10,24H,3H2,1-2H3,(H,22,25)(H,23,26)/b20-15+. The highest BCUT2D eigenvalue weighted by atomic mass is 16.3. The molecule has 132 valence electrons. The lowest BCUT2D eigenvalue weighted by Crippen LogP contribution is -2.24. The first-order valence-electron chi connectivity index (χ1n) is 8.15. The molecule has 7 heteroatoms. The summed E-state index contributed by atoms with van der Waals surface area (Å²) in [5, 5.41) is 21.2. The largest absolute Gasteiger partial charge is 0.507 e. The molecule has 3 N–H and O–H groups in total. The van der Waals surface area contributed by atoms with Crippen molar-refractivity contribution in [1.82, 2.24) is 15.6 Å². The van der Waals surface area contributed by atoms with Gasteiger partial charge in [-0.2, -0.15) is 10.2 Å². The van der Waals surface area contributed by atoms with Crippen LogP contribution in [0.4, 0.5) is 0 Å². The number of amides is 1. The Balaban J connectivity index is 1.95. The Morgan fingerprint density at radius 1 is 1.23 bits per heavy atom. The summed E-state index contributed by atoms with van der Waals surface area (Å²) < 4.78 is 0. The number of rotatable bonds is 4. The number of aromatic hydroxyl groups is 1. The van der Waals surface area contributed by atoms with Crippen molar-refractivity contribution in [3.05, 3.63) is 69.6 Å². The van der Waals surface area contributed by atoms with E-state index in [9.17, 15) is 14.7 Å². The average Bonchev–Trinajstić information content (AvgIpc) is 2.65. The summed E-state index contributed by atoms with van der Waals surface area (Å²) in [5.74, 6) is -0.450. The van der Waals surface area contributed by atoms with Crippen molar-refractivity contribution in [2.75, 3.05) is 0 Å². The summed E-state index contributed by atoms with van der Waals surface area (Å²) in [6.07, 6.45) is 0.511. The molecular weight excluding hydrogens is 332 g/mol. The number of nitrogens with zero attached hydrogens (tertiary/aromatic N) is 2. The Morgan fingerprint density at radius 2 is 1.96 bits per heavy atom. The fourth-order valence-electron chi connectivity index (χ4n) is 2.67. The number of phenolic OH excluding ortho intramolecular Hbond substituents is 1. The molecule has 0 aliphatic rings. The topological polar surface area (TPSA) is 107 Å². The van der Waals surface area contributed by atoms with Crippen molar-refractivity contribution in [2.24, 2.45) is 5.10 Å². The Morgan fingerprint density at radius 3 is 2.69 bits per heavy atom. The number of aromatic amines is 1. The first kappa shape index (κ1) is 17.3. The van der Waals surface area contributed by atoms with Gasteiger partial charge in [-0.3, -0.25) is 9.59 Å². The number of aromatic nitrogens is 2. The minimum Gasteiger partial charge on any atom is -0.507 e. The summed E-state index contributed by atoms with van der Waals surface area (Å²) in [6, 6.07) is 11.9. The molecule has 7 nitrogen and oxygen atoms in total. The molecule has 0 fully saturated rings. The van der Waals surface area contributed by atoms with Crippen LogP contribution in [-0.2, 0) is 0 Å². The maximum Gasteiger partial charge on any atom is 0.292 e. The SMILES string of the molecule is CC/C(=N\NC(=O)c1n[nH]c(=O)c2ccccc12)c1cc(C)ccc1O. The van der Waals surface area contributed by atoms with Gasteiger partial charge in [-0.25, -0.2) is 10.5 Å². The molecule has 1 aromatic heterocycles. The fraction of sp³-hybridized carbons (Fsp3) is 0.158. The van der Waals surface area contributed by atoms with Crippen LogP contribution >= 0.6 is 0 Å². The van der Waals surface area contributed by atoms with Gasteiger partial charge < -0.3 is 5.11 Å². The first-order valence-corrected chi connectivity index (χ1v) is 8.15. The van der Waals surface area contributed by atoms with Gasteiger partial charge in [0.05, 0.1) is 11.1 Å². The highest BCUT2D eigenvalue weighted by Gasteiger charge is 2.14.